The molecule has 1 aromatic carbocycles. The molecule has 1 heterocycles. The zero-order valence-electron chi connectivity index (χ0n) is 14.1. The highest BCUT2D eigenvalue weighted by Crippen LogP contribution is 2.26. The number of aromatic nitrogens is 2. The molecule has 0 saturated heterocycles. The average molecular weight is 341 g/mol. The van der Waals surface area contributed by atoms with Crippen LogP contribution in [-0.2, 0) is 11.3 Å². The normalized spacial score (nSPS) is 15.0. The maximum absolute atomic E-state index is 12.1. The summed E-state index contributed by atoms with van der Waals surface area (Å²) in [5.74, 6) is -0.423. The molecule has 132 valence electrons. The average Bonchev–Trinajstić information content (AvgIpc) is 3.12. The fraction of sp³-hybridized carbons (Fsp3) is 0.421. The number of hydrogen-bond acceptors (Lipinski definition) is 3. The van der Waals surface area contributed by atoms with Crippen LogP contribution < -0.4 is 5.32 Å². The third-order valence-electron chi connectivity index (χ3n) is 4.67. The molecule has 0 atom stereocenters. The Morgan fingerprint density at radius 3 is 2.72 bits per heavy atom. The fourth-order valence-electron chi connectivity index (χ4n) is 3.32. The number of carbonyl (C=O) groups is 2. The summed E-state index contributed by atoms with van der Waals surface area (Å²) in [6.07, 6.45) is 8.32. The summed E-state index contributed by atoms with van der Waals surface area (Å²) in [5.41, 5.74) is 1.74. The third-order valence-corrected chi connectivity index (χ3v) is 4.67. The SMILES string of the molecule is O=C(CC1CCCCC1)NCc1cccc(-n2ccc(C(=O)O)n2)c1. The summed E-state index contributed by atoms with van der Waals surface area (Å²) in [6, 6.07) is 9.03. The number of hydrogen-bond donors (Lipinski definition) is 2. The van der Waals surface area contributed by atoms with Gasteiger partial charge in [-0.05, 0) is 42.5 Å². The van der Waals surface area contributed by atoms with Crippen molar-refractivity contribution in [2.75, 3.05) is 0 Å². The molecule has 0 bridgehead atoms. The molecule has 1 fully saturated rings. The summed E-state index contributed by atoms with van der Waals surface area (Å²) in [4.78, 5) is 23.1. The molecule has 1 aliphatic carbocycles. The van der Waals surface area contributed by atoms with Gasteiger partial charge in [-0.1, -0.05) is 31.4 Å². The second-order valence-corrected chi connectivity index (χ2v) is 6.61. The number of carboxylic acid groups (broad SMARTS) is 1. The van der Waals surface area contributed by atoms with Gasteiger partial charge in [0.05, 0.1) is 5.69 Å². The second kappa shape index (κ2) is 7.96. The Morgan fingerprint density at radius 2 is 2.00 bits per heavy atom. The van der Waals surface area contributed by atoms with Gasteiger partial charge in [0.15, 0.2) is 5.69 Å². The molecule has 0 radical (unpaired) electrons. The van der Waals surface area contributed by atoms with E-state index in [1.54, 1.807) is 6.20 Å². The number of carbonyl (C=O) groups excluding carboxylic acids is 1. The van der Waals surface area contributed by atoms with E-state index in [0.717, 1.165) is 24.1 Å². The van der Waals surface area contributed by atoms with Crippen molar-refractivity contribution >= 4 is 11.9 Å². The molecule has 0 unspecified atom stereocenters. The molecule has 1 saturated carbocycles. The second-order valence-electron chi connectivity index (χ2n) is 6.61. The summed E-state index contributed by atoms with van der Waals surface area (Å²) in [6.45, 7) is 0.465. The first-order valence-corrected chi connectivity index (χ1v) is 8.77. The van der Waals surface area contributed by atoms with Crippen molar-refractivity contribution in [3.63, 3.8) is 0 Å². The highest BCUT2D eigenvalue weighted by molar-refractivity contribution is 5.85. The van der Waals surface area contributed by atoms with Gasteiger partial charge in [0.25, 0.3) is 0 Å². The Labute approximate surface area is 146 Å². The predicted octanol–water partition coefficient (Wildman–Crippen LogP) is 3.16. The largest absolute Gasteiger partial charge is 0.476 e. The molecule has 0 spiro atoms. The van der Waals surface area contributed by atoms with Crippen LogP contribution in [0.25, 0.3) is 5.69 Å². The van der Waals surface area contributed by atoms with Crippen LogP contribution in [0.2, 0.25) is 0 Å². The van der Waals surface area contributed by atoms with Crippen molar-refractivity contribution in [2.45, 2.75) is 45.1 Å². The zero-order valence-corrected chi connectivity index (χ0v) is 14.1. The molecular weight excluding hydrogens is 318 g/mol. The third kappa shape index (κ3) is 4.68. The zero-order chi connectivity index (χ0) is 17.6. The van der Waals surface area contributed by atoms with Gasteiger partial charge in [-0.15, -0.1) is 0 Å². The molecule has 25 heavy (non-hydrogen) atoms. The van der Waals surface area contributed by atoms with Gasteiger partial charge in [0.2, 0.25) is 5.91 Å². The lowest BCUT2D eigenvalue weighted by molar-refractivity contribution is -0.122. The van der Waals surface area contributed by atoms with Crippen molar-refractivity contribution in [1.82, 2.24) is 15.1 Å². The maximum Gasteiger partial charge on any atom is 0.356 e. The van der Waals surface area contributed by atoms with Gasteiger partial charge in [0, 0.05) is 19.2 Å². The lowest BCUT2D eigenvalue weighted by Crippen LogP contribution is -2.25. The van der Waals surface area contributed by atoms with Gasteiger partial charge < -0.3 is 10.4 Å². The minimum absolute atomic E-state index is 0.00573. The summed E-state index contributed by atoms with van der Waals surface area (Å²) in [7, 11) is 0. The van der Waals surface area contributed by atoms with E-state index >= 15 is 0 Å². The molecule has 6 nitrogen and oxygen atoms in total. The minimum Gasteiger partial charge on any atom is -0.476 e. The summed E-state index contributed by atoms with van der Waals surface area (Å²) in [5, 5.41) is 16.0. The van der Waals surface area contributed by atoms with Crippen molar-refractivity contribution < 1.29 is 14.7 Å². The molecule has 2 aromatic rings. The molecule has 1 aromatic heterocycles. The van der Waals surface area contributed by atoms with Crippen LogP contribution in [0.4, 0.5) is 0 Å². The Morgan fingerprint density at radius 1 is 1.20 bits per heavy atom. The number of aromatic carboxylic acids is 1. The minimum atomic E-state index is -1.05. The van der Waals surface area contributed by atoms with E-state index in [4.69, 9.17) is 5.11 Å². The van der Waals surface area contributed by atoms with Crippen molar-refractivity contribution in [3.8, 4) is 5.69 Å². The van der Waals surface area contributed by atoms with Crippen molar-refractivity contribution in [2.24, 2.45) is 5.92 Å². The Kier molecular flexibility index (Phi) is 5.48. The van der Waals surface area contributed by atoms with Crippen LogP contribution in [0.3, 0.4) is 0 Å². The topological polar surface area (TPSA) is 84.2 Å². The number of amides is 1. The van der Waals surface area contributed by atoms with E-state index < -0.39 is 5.97 Å². The van der Waals surface area contributed by atoms with E-state index in [-0.39, 0.29) is 11.6 Å². The number of nitrogens with zero attached hydrogens (tertiary/aromatic N) is 2. The predicted molar refractivity (Wildman–Crippen MR) is 93.6 cm³/mol. The highest BCUT2D eigenvalue weighted by atomic mass is 16.4. The lowest BCUT2D eigenvalue weighted by Gasteiger charge is -2.20. The maximum atomic E-state index is 12.1. The Bertz CT molecular complexity index is 748. The van der Waals surface area contributed by atoms with Crippen LogP contribution in [0, 0.1) is 5.92 Å². The first-order chi connectivity index (χ1) is 12.1. The number of benzene rings is 1. The molecule has 3 rings (SSSR count). The van der Waals surface area contributed by atoms with Crippen molar-refractivity contribution in [3.05, 3.63) is 47.8 Å². The van der Waals surface area contributed by atoms with Crippen molar-refractivity contribution in [1.29, 1.82) is 0 Å². The lowest BCUT2D eigenvalue weighted by atomic mass is 9.87. The smallest absolute Gasteiger partial charge is 0.356 e. The van der Waals surface area contributed by atoms with E-state index in [9.17, 15) is 9.59 Å². The molecular formula is C19H23N3O3. The van der Waals surface area contributed by atoms with Gasteiger partial charge in [-0.3, -0.25) is 4.79 Å². The molecule has 1 amide bonds. The van der Waals surface area contributed by atoms with E-state index in [2.05, 4.69) is 10.4 Å². The number of rotatable bonds is 6. The van der Waals surface area contributed by atoms with Crippen LogP contribution >= 0.6 is 0 Å². The molecule has 1 aliphatic rings. The van der Waals surface area contributed by atoms with Crippen LogP contribution in [0.5, 0.6) is 0 Å². The summed E-state index contributed by atoms with van der Waals surface area (Å²) >= 11 is 0. The van der Waals surface area contributed by atoms with E-state index in [1.807, 2.05) is 24.3 Å². The van der Waals surface area contributed by atoms with Crippen LogP contribution in [0.1, 0.15) is 54.6 Å². The van der Waals surface area contributed by atoms with Crippen LogP contribution in [-0.4, -0.2) is 26.8 Å². The van der Waals surface area contributed by atoms with Gasteiger partial charge in [-0.25, -0.2) is 9.48 Å². The Hall–Kier alpha value is -2.63. The molecule has 0 aliphatic heterocycles. The fourth-order valence-corrected chi connectivity index (χ4v) is 3.32. The standard InChI is InChI=1S/C19H23N3O3/c23-18(12-14-5-2-1-3-6-14)20-13-15-7-4-8-16(11-15)22-10-9-17(21-22)19(24)25/h4,7-11,14H,1-3,5-6,12-13H2,(H,20,23)(H,24,25). The number of carboxylic acids is 1. The summed E-state index contributed by atoms with van der Waals surface area (Å²) < 4.78 is 1.52. The first-order valence-electron chi connectivity index (χ1n) is 8.77. The Balaban J connectivity index is 1.57. The quantitative estimate of drug-likeness (QED) is 0.845. The van der Waals surface area contributed by atoms with E-state index in [1.165, 1.54) is 30.0 Å². The van der Waals surface area contributed by atoms with Gasteiger partial charge in [0.1, 0.15) is 0 Å². The first kappa shape index (κ1) is 17.2. The monoisotopic (exact) mass is 341 g/mol. The van der Waals surface area contributed by atoms with Crippen LogP contribution in [0.15, 0.2) is 36.5 Å². The molecule has 2 N–H and O–H groups in total. The van der Waals surface area contributed by atoms with Gasteiger partial charge >= 0.3 is 5.97 Å². The van der Waals surface area contributed by atoms with E-state index in [0.29, 0.717) is 18.9 Å². The molecule has 6 heteroatoms. The number of nitrogens with one attached hydrogen (secondary N) is 1. The van der Waals surface area contributed by atoms with Gasteiger partial charge in [-0.2, -0.15) is 5.10 Å². The highest BCUT2D eigenvalue weighted by Gasteiger charge is 2.16.